The van der Waals surface area contributed by atoms with Crippen molar-refractivity contribution < 1.29 is 18.7 Å². The third kappa shape index (κ3) is 4.13. The van der Waals surface area contributed by atoms with Crippen molar-refractivity contribution in [3.63, 3.8) is 0 Å². The fraction of sp³-hybridized carbons (Fsp3) is 0.190. The Bertz CT molecular complexity index is 1210. The first-order valence-electron chi connectivity index (χ1n) is 9.16. The van der Waals surface area contributed by atoms with Crippen LogP contribution in [-0.4, -0.2) is 33.8 Å². The lowest BCUT2D eigenvalue weighted by molar-refractivity contribution is -0.157. The Labute approximate surface area is 191 Å². The number of pyridine rings is 1. The number of nitrogens with one attached hydrogen (secondary N) is 1. The Morgan fingerprint density at radius 2 is 1.97 bits per heavy atom. The van der Waals surface area contributed by atoms with Crippen LogP contribution in [0.1, 0.15) is 17.2 Å². The Morgan fingerprint density at radius 3 is 2.71 bits per heavy atom. The fourth-order valence-corrected chi connectivity index (χ4v) is 4.09. The molecule has 4 rings (SSSR count). The van der Waals surface area contributed by atoms with E-state index in [-0.39, 0.29) is 10.9 Å². The highest BCUT2D eigenvalue weighted by molar-refractivity contribution is 6.35. The summed E-state index contributed by atoms with van der Waals surface area (Å²) in [5.74, 6) is -1.41. The number of rotatable bonds is 5. The molecule has 1 N–H and O–H groups in total. The highest BCUT2D eigenvalue weighted by atomic mass is 35.5. The molecule has 1 aliphatic rings. The van der Waals surface area contributed by atoms with E-state index < -0.39 is 35.7 Å². The van der Waals surface area contributed by atoms with Gasteiger partial charge >= 0.3 is 0 Å². The number of benzene rings is 2. The number of carbonyl (C=O) groups excluding carboxylic acids is 2. The summed E-state index contributed by atoms with van der Waals surface area (Å²) in [5.41, 5.74) is 4.26. The van der Waals surface area contributed by atoms with Crippen LogP contribution in [0.4, 0.5) is 4.39 Å². The summed E-state index contributed by atoms with van der Waals surface area (Å²) in [6, 6.07) is 10.6. The van der Waals surface area contributed by atoms with Gasteiger partial charge < -0.3 is 4.74 Å². The third-order valence-corrected chi connectivity index (χ3v) is 5.94. The molecule has 2 amide bonds. The van der Waals surface area contributed by atoms with Crippen molar-refractivity contribution in [1.82, 2.24) is 15.4 Å². The third-order valence-electron chi connectivity index (χ3n) is 4.88. The molecule has 0 saturated carbocycles. The smallest absolute Gasteiger partial charge is 0.276 e. The molecule has 1 fully saturated rings. The standard InChI is InChI=1S/C21H15Cl3FN3O3/c1-10-6-18(26-16-8-14(23)15(25)7-12(10)16)31-9-17(29)27-28-20(19(24)21(28)30)11-4-2-3-5-13(11)22/h2-8,19-20H,9H2,1H3,(H,27,29). The molecule has 6 nitrogen and oxygen atoms in total. The second-order valence-corrected chi connectivity index (χ2v) is 8.25. The summed E-state index contributed by atoms with van der Waals surface area (Å²) in [4.78, 5) is 28.8. The van der Waals surface area contributed by atoms with Crippen LogP contribution in [0.2, 0.25) is 10.0 Å². The van der Waals surface area contributed by atoms with Crippen LogP contribution < -0.4 is 10.2 Å². The Morgan fingerprint density at radius 1 is 1.23 bits per heavy atom. The number of aryl methyl sites for hydroxylation is 1. The maximum atomic E-state index is 13.7. The van der Waals surface area contributed by atoms with Gasteiger partial charge in [0, 0.05) is 16.5 Å². The lowest BCUT2D eigenvalue weighted by Crippen LogP contribution is -2.63. The van der Waals surface area contributed by atoms with Gasteiger partial charge in [0.05, 0.1) is 10.5 Å². The molecule has 2 heterocycles. The molecule has 2 atom stereocenters. The number of hydrazine groups is 1. The summed E-state index contributed by atoms with van der Waals surface area (Å²) < 4.78 is 19.2. The normalized spacial score (nSPS) is 18.1. The molecule has 0 radical (unpaired) electrons. The van der Waals surface area contributed by atoms with Crippen molar-refractivity contribution in [2.45, 2.75) is 18.3 Å². The second-order valence-electron chi connectivity index (χ2n) is 6.96. The number of hydrogen-bond acceptors (Lipinski definition) is 4. The van der Waals surface area contributed by atoms with Crippen molar-refractivity contribution in [1.29, 1.82) is 0 Å². The molecular weight excluding hydrogens is 468 g/mol. The van der Waals surface area contributed by atoms with Gasteiger partial charge in [-0.05, 0) is 36.2 Å². The quantitative estimate of drug-likeness (QED) is 0.426. The van der Waals surface area contributed by atoms with E-state index in [1.54, 1.807) is 37.3 Å². The van der Waals surface area contributed by atoms with E-state index in [9.17, 15) is 14.0 Å². The molecular formula is C21H15Cl3FN3O3. The highest BCUT2D eigenvalue weighted by Gasteiger charge is 2.49. The van der Waals surface area contributed by atoms with Crippen molar-refractivity contribution in [3.05, 3.63) is 69.5 Å². The van der Waals surface area contributed by atoms with Gasteiger partial charge in [-0.3, -0.25) is 15.0 Å². The summed E-state index contributed by atoms with van der Waals surface area (Å²) in [6.45, 7) is 1.36. The summed E-state index contributed by atoms with van der Waals surface area (Å²) >= 11 is 18.2. The molecule has 1 aliphatic heterocycles. The number of amides is 2. The van der Waals surface area contributed by atoms with Gasteiger partial charge in [-0.25, -0.2) is 14.4 Å². The maximum absolute atomic E-state index is 13.7. The molecule has 2 unspecified atom stereocenters. The monoisotopic (exact) mass is 481 g/mol. The first-order valence-corrected chi connectivity index (χ1v) is 10.4. The Balaban J connectivity index is 1.45. The zero-order chi connectivity index (χ0) is 22.3. The number of carbonyl (C=O) groups is 2. The first-order chi connectivity index (χ1) is 14.8. The molecule has 10 heteroatoms. The number of alkyl halides is 1. The van der Waals surface area contributed by atoms with E-state index >= 15 is 0 Å². The van der Waals surface area contributed by atoms with Crippen LogP contribution in [0.3, 0.4) is 0 Å². The van der Waals surface area contributed by atoms with Gasteiger partial charge in [0.25, 0.3) is 11.8 Å². The molecule has 160 valence electrons. The lowest BCUT2D eigenvalue weighted by Gasteiger charge is -2.44. The molecule has 0 aliphatic carbocycles. The lowest BCUT2D eigenvalue weighted by atomic mass is 9.95. The van der Waals surface area contributed by atoms with Crippen LogP contribution in [0, 0.1) is 12.7 Å². The zero-order valence-corrected chi connectivity index (χ0v) is 18.3. The first kappa shape index (κ1) is 21.6. The number of nitrogens with zero attached hydrogens (tertiary/aromatic N) is 2. The number of fused-ring (bicyclic) bond motifs is 1. The van der Waals surface area contributed by atoms with E-state index in [1.807, 2.05) is 0 Å². The van der Waals surface area contributed by atoms with E-state index in [1.165, 1.54) is 12.1 Å². The van der Waals surface area contributed by atoms with E-state index in [2.05, 4.69) is 10.4 Å². The van der Waals surface area contributed by atoms with Crippen LogP contribution in [0.15, 0.2) is 42.5 Å². The number of ether oxygens (including phenoxy) is 1. The average molecular weight is 483 g/mol. The van der Waals surface area contributed by atoms with E-state index in [0.29, 0.717) is 27.1 Å². The van der Waals surface area contributed by atoms with Crippen LogP contribution in [0.5, 0.6) is 5.88 Å². The number of halogens is 4. The minimum atomic E-state index is -0.837. The van der Waals surface area contributed by atoms with Crippen LogP contribution in [0.25, 0.3) is 10.9 Å². The number of β-lactam (4-membered cyclic amide) rings is 1. The topological polar surface area (TPSA) is 71.5 Å². The molecule has 1 aromatic heterocycles. The summed E-state index contributed by atoms with van der Waals surface area (Å²) in [7, 11) is 0. The molecule has 3 aromatic rings. The van der Waals surface area contributed by atoms with E-state index in [4.69, 9.17) is 39.5 Å². The van der Waals surface area contributed by atoms with Crippen LogP contribution >= 0.6 is 34.8 Å². The Hall–Kier alpha value is -2.61. The predicted molar refractivity (Wildman–Crippen MR) is 116 cm³/mol. The Kier molecular flexibility index (Phi) is 5.92. The van der Waals surface area contributed by atoms with Crippen molar-refractivity contribution in [2.75, 3.05) is 6.61 Å². The van der Waals surface area contributed by atoms with Crippen molar-refractivity contribution >= 4 is 57.5 Å². The fourth-order valence-electron chi connectivity index (χ4n) is 3.33. The summed E-state index contributed by atoms with van der Waals surface area (Å²) in [6.07, 6.45) is 0. The zero-order valence-electron chi connectivity index (χ0n) is 16.0. The number of hydrogen-bond donors (Lipinski definition) is 1. The van der Waals surface area contributed by atoms with Crippen LogP contribution in [-0.2, 0) is 9.59 Å². The predicted octanol–water partition coefficient (Wildman–Crippen LogP) is 4.59. The van der Waals surface area contributed by atoms with Crippen molar-refractivity contribution in [3.8, 4) is 5.88 Å². The number of aromatic nitrogens is 1. The van der Waals surface area contributed by atoms with Crippen molar-refractivity contribution in [2.24, 2.45) is 0 Å². The summed E-state index contributed by atoms with van der Waals surface area (Å²) in [5, 5.41) is 1.25. The van der Waals surface area contributed by atoms with Gasteiger partial charge in [-0.2, -0.15) is 0 Å². The van der Waals surface area contributed by atoms with Gasteiger partial charge in [0.15, 0.2) is 6.61 Å². The minimum Gasteiger partial charge on any atom is -0.467 e. The molecule has 0 spiro atoms. The van der Waals surface area contributed by atoms with Gasteiger partial charge in [-0.1, -0.05) is 41.4 Å². The maximum Gasteiger partial charge on any atom is 0.276 e. The van der Waals surface area contributed by atoms with E-state index in [0.717, 1.165) is 5.01 Å². The molecule has 2 aromatic carbocycles. The van der Waals surface area contributed by atoms with Gasteiger partial charge in [0.2, 0.25) is 5.88 Å². The molecule has 1 saturated heterocycles. The molecule has 31 heavy (non-hydrogen) atoms. The SMILES string of the molecule is Cc1cc(OCC(=O)NN2C(=O)C(Cl)C2c2ccccc2Cl)nc2cc(Cl)c(F)cc12. The molecule has 0 bridgehead atoms. The highest BCUT2D eigenvalue weighted by Crippen LogP contribution is 2.39. The minimum absolute atomic E-state index is 0.0631. The second kappa shape index (κ2) is 8.49. The van der Waals surface area contributed by atoms with Gasteiger partial charge in [0.1, 0.15) is 17.2 Å². The van der Waals surface area contributed by atoms with Gasteiger partial charge in [-0.15, -0.1) is 11.6 Å². The largest absolute Gasteiger partial charge is 0.467 e. The average Bonchev–Trinajstić information content (AvgIpc) is 2.74.